The molecule has 0 unspecified atom stereocenters. The molecule has 1 N–H and O–H groups in total. The molecule has 2 nitrogen and oxygen atoms in total. The number of nitrogens with one attached hydrogen (secondary N) is 1. The summed E-state index contributed by atoms with van der Waals surface area (Å²) in [6.07, 6.45) is 1.59. The van der Waals surface area contributed by atoms with E-state index in [1.54, 1.807) is 18.3 Å². The lowest BCUT2D eigenvalue weighted by atomic mass is 10.2. The molecule has 2 rings (SSSR count). The van der Waals surface area contributed by atoms with Crippen molar-refractivity contribution in [1.29, 1.82) is 0 Å². The van der Waals surface area contributed by atoms with Crippen LogP contribution in [0, 0.1) is 0 Å². The van der Waals surface area contributed by atoms with Gasteiger partial charge in [0.05, 0.1) is 15.0 Å². The van der Waals surface area contributed by atoms with E-state index in [0.29, 0.717) is 20.4 Å². The van der Waals surface area contributed by atoms with Crippen molar-refractivity contribution in [2.24, 2.45) is 0 Å². The van der Waals surface area contributed by atoms with E-state index in [0.717, 1.165) is 4.47 Å². The highest BCUT2D eigenvalue weighted by Gasteiger charge is 2.06. The van der Waals surface area contributed by atoms with Gasteiger partial charge < -0.3 is 4.98 Å². The maximum absolute atomic E-state index is 11.7. The van der Waals surface area contributed by atoms with E-state index in [4.69, 9.17) is 11.6 Å². The van der Waals surface area contributed by atoms with Crippen LogP contribution >= 0.6 is 43.5 Å². The van der Waals surface area contributed by atoms with Gasteiger partial charge in [-0.05, 0) is 28.1 Å². The lowest BCUT2D eigenvalue weighted by Crippen LogP contribution is -2.03. The first-order chi connectivity index (χ1) is 6.59. The Balaban J connectivity index is 3.03. The molecule has 0 aliphatic heterocycles. The van der Waals surface area contributed by atoms with Crippen molar-refractivity contribution in [3.8, 4) is 0 Å². The number of fused-ring (bicyclic) bond motifs is 1. The molecule has 0 saturated carbocycles. The molecule has 5 heteroatoms. The molecule has 72 valence electrons. The van der Waals surface area contributed by atoms with Gasteiger partial charge >= 0.3 is 0 Å². The average molecular weight is 337 g/mol. The van der Waals surface area contributed by atoms with Crippen LogP contribution in [0.25, 0.3) is 10.9 Å². The van der Waals surface area contributed by atoms with Gasteiger partial charge in [0.25, 0.3) is 0 Å². The van der Waals surface area contributed by atoms with Crippen LogP contribution in [0.4, 0.5) is 0 Å². The van der Waals surface area contributed by atoms with Gasteiger partial charge in [-0.25, -0.2) is 0 Å². The van der Waals surface area contributed by atoms with E-state index in [1.807, 2.05) is 0 Å². The van der Waals surface area contributed by atoms with E-state index in [9.17, 15) is 4.79 Å². The van der Waals surface area contributed by atoms with Crippen LogP contribution in [0.5, 0.6) is 0 Å². The molecule has 0 bridgehead atoms. The molecule has 0 atom stereocenters. The third-order valence-corrected chi connectivity index (χ3v) is 3.20. The average Bonchev–Trinajstić information content (AvgIpc) is 2.12. The molecule has 0 amide bonds. The van der Waals surface area contributed by atoms with Gasteiger partial charge in [0.15, 0.2) is 0 Å². The maximum Gasteiger partial charge on any atom is 0.203 e. The van der Waals surface area contributed by atoms with Crippen molar-refractivity contribution < 1.29 is 0 Å². The molecule has 0 saturated heterocycles. The minimum absolute atomic E-state index is 0.0676. The fourth-order valence-corrected chi connectivity index (χ4v) is 2.42. The molecule has 0 aliphatic carbocycles. The zero-order chi connectivity index (χ0) is 10.3. The van der Waals surface area contributed by atoms with E-state index in [2.05, 4.69) is 36.8 Å². The van der Waals surface area contributed by atoms with Crippen LogP contribution in [0.1, 0.15) is 0 Å². The van der Waals surface area contributed by atoms with Crippen LogP contribution in [0.15, 0.2) is 32.1 Å². The molecule has 2 aromatic rings. The van der Waals surface area contributed by atoms with Crippen molar-refractivity contribution in [2.45, 2.75) is 0 Å². The van der Waals surface area contributed by atoms with Gasteiger partial charge in [-0.15, -0.1) is 0 Å². The number of benzene rings is 1. The van der Waals surface area contributed by atoms with Gasteiger partial charge in [-0.3, -0.25) is 4.79 Å². The van der Waals surface area contributed by atoms with Gasteiger partial charge in [-0.1, -0.05) is 27.5 Å². The molecular formula is C9H4Br2ClNO. The number of aromatic nitrogens is 1. The van der Waals surface area contributed by atoms with Gasteiger partial charge in [0.1, 0.15) is 0 Å². The quantitative estimate of drug-likeness (QED) is 0.781. The van der Waals surface area contributed by atoms with Crippen LogP contribution in [-0.4, -0.2) is 4.98 Å². The molecule has 0 aliphatic rings. The van der Waals surface area contributed by atoms with Gasteiger partial charge in [0.2, 0.25) is 5.43 Å². The Bertz CT molecular complexity index is 564. The summed E-state index contributed by atoms with van der Waals surface area (Å²) in [5.41, 5.74) is 0.588. The fourth-order valence-electron chi connectivity index (χ4n) is 1.23. The summed E-state index contributed by atoms with van der Waals surface area (Å²) >= 11 is 12.4. The van der Waals surface area contributed by atoms with Crippen LogP contribution in [-0.2, 0) is 0 Å². The van der Waals surface area contributed by atoms with Crippen LogP contribution < -0.4 is 5.43 Å². The Morgan fingerprint density at radius 2 is 2.00 bits per heavy atom. The zero-order valence-electron chi connectivity index (χ0n) is 6.77. The van der Waals surface area contributed by atoms with Gasteiger partial charge in [-0.2, -0.15) is 0 Å². The summed E-state index contributed by atoms with van der Waals surface area (Å²) in [6.45, 7) is 0. The summed E-state index contributed by atoms with van der Waals surface area (Å²) in [4.78, 5) is 14.6. The number of aromatic amines is 1. The topological polar surface area (TPSA) is 32.9 Å². The minimum Gasteiger partial charge on any atom is -0.359 e. The highest BCUT2D eigenvalue weighted by atomic mass is 79.9. The highest BCUT2D eigenvalue weighted by Crippen LogP contribution is 2.25. The fraction of sp³-hybridized carbons (Fsp3) is 0. The Morgan fingerprint density at radius 3 is 2.71 bits per heavy atom. The maximum atomic E-state index is 11.7. The van der Waals surface area contributed by atoms with Crippen molar-refractivity contribution in [3.05, 3.63) is 42.5 Å². The second-order valence-electron chi connectivity index (χ2n) is 2.78. The number of rotatable bonds is 0. The molecule has 1 heterocycles. The van der Waals surface area contributed by atoms with Crippen molar-refractivity contribution in [2.75, 3.05) is 0 Å². The Morgan fingerprint density at radius 1 is 1.29 bits per heavy atom. The number of hydrogen-bond acceptors (Lipinski definition) is 1. The third kappa shape index (κ3) is 1.62. The largest absolute Gasteiger partial charge is 0.359 e. The number of halogens is 3. The summed E-state index contributed by atoms with van der Waals surface area (Å²) < 4.78 is 1.29. The monoisotopic (exact) mass is 335 g/mol. The molecule has 0 spiro atoms. The summed E-state index contributed by atoms with van der Waals surface area (Å²) in [5.74, 6) is 0. The Hall–Kier alpha value is -0.320. The normalized spacial score (nSPS) is 10.8. The van der Waals surface area contributed by atoms with Crippen molar-refractivity contribution >= 4 is 54.4 Å². The molecule has 0 radical (unpaired) electrons. The predicted molar refractivity (Wildman–Crippen MR) is 65.0 cm³/mol. The number of pyridine rings is 1. The molecule has 0 fully saturated rings. The second kappa shape index (κ2) is 3.68. The summed E-state index contributed by atoms with van der Waals surface area (Å²) in [5, 5.41) is 1.10. The lowest BCUT2D eigenvalue weighted by molar-refractivity contribution is 1.36. The molecular weight excluding hydrogens is 333 g/mol. The second-order valence-corrected chi connectivity index (χ2v) is 4.95. The standard InChI is InChI=1S/C9H4Br2ClNO/c10-4-1-5-8(7(12)2-4)13-3-6(11)9(5)14/h1-3H,(H,13,14). The molecule has 14 heavy (non-hydrogen) atoms. The van der Waals surface area contributed by atoms with Crippen molar-refractivity contribution in [3.63, 3.8) is 0 Å². The first kappa shape index (κ1) is 10.2. The molecule has 1 aromatic carbocycles. The van der Waals surface area contributed by atoms with E-state index in [1.165, 1.54) is 0 Å². The van der Waals surface area contributed by atoms with Crippen LogP contribution in [0.2, 0.25) is 5.02 Å². The first-order valence-corrected chi connectivity index (χ1v) is 5.72. The first-order valence-electron chi connectivity index (χ1n) is 3.75. The zero-order valence-corrected chi connectivity index (χ0v) is 10.7. The Labute approximate surface area is 102 Å². The van der Waals surface area contributed by atoms with E-state index >= 15 is 0 Å². The third-order valence-electron chi connectivity index (χ3n) is 1.86. The predicted octanol–water partition coefficient (Wildman–Crippen LogP) is 3.71. The van der Waals surface area contributed by atoms with Crippen LogP contribution in [0.3, 0.4) is 0 Å². The number of hydrogen-bond donors (Lipinski definition) is 1. The summed E-state index contributed by atoms with van der Waals surface area (Å²) in [6, 6.07) is 3.48. The smallest absolute Gasteiger partial charge is 0.203 e. The van der Waals surface area contributed by atoms with Crippen molar-refractivity contribution in [1.82, 2.24) is 4.98 Å². The molecule has 1 aromatic heterocycles. The van der Waals surface area contributed by atoms with E-state index in [-0.39, 0.29) is 5.43 Å². The SMILES string of the molecule is O=c1c(Br)c[nH]c2c(Cl)cc(Br)cc12. The minimum atomic E-state index is -0.0676. The summed E-state index contributed by atoms with van der Waals surface area (Å²) in [7, 11) is 0. The lowest BCUT2D eigenvalue weighted by Gasteiger charge is -2.01. The van der Waals surface area contributed by atoms with Gasteiger partial charge in [0, 0.05) is 16.1 Å². The Kier molecular flexibility index (Phi) is 2.68. The highest BCUT2D eigenvalue weighted by molar-refractivity contribution is 9.10. The number of H-pyrrole nitrogens is 1. The van der Waals surface area contributed by atoms with E-state index < -0.39 is 0 Å².